The molecule has 2 aromatic rings. The van der Waals surface area contributed by atoms with Crippen molar-refractivity contribution < 1.29 is 4.74 Å². The Labute approximate surface area is 129 Å². The van der Waals surface area contributed by atoms with Gasteiger partial charge in [0.2, 0.25) is 0 Å². The first-order chi connectivity index (χ1) is 9.43. The Balaban J connectivity index is 2.61. The Morgan fingerprint density at radius 3 is 2.60 bits per heavy atom. The van der Waals surface area contributed by atoms with Crippen LogP contribution in [0.5, 0.6) is 5.75 Å². The molecule has 0 saturated heterocycles. The van der Waals surface area contributed by atoms with E-state index in [0.29, 0.717) is 18.4 Å². The third-order valence-electron chi connectivity index (χ3n) is 3.00. The molecular formula is C15H21ClN2OS. The molecule has 2 rings (SSSR count). The highest BCUT2D eigenvalue weighted by Crippen LogP contribution is 2.42. The molecule has 5 heteroatoms. The maximum Gasteiger partial charge on any atom is 0.183 e. The molecule has 0 bridgehead atoms. The summed E-state index contributed by atoms with van der Waals surface area (Å²) in [6.45, 7) is 9.25. The molecular weight excluding hydrogens is 292 g/mol. The number of nitrogens with zero attached hydrogens (tertiary/aromatic N) is 1. The number of halogens is 1. The highest BCUT2D eigenvalue weighted by atomic mass is 35.5. The fourth-order valence-corrected chi connectivity index (χ4v) is 3.12. The quantitative estimate of drug-likeness (QED) is 0.829. The number of nitrogens with one attached hydrogen (secondary N) is 1. The van der Waals surface area contributed by atoms with Crippen LogP contribution in [0.15, 0.2) is 6.07 Å². The number of benzene rings is 1. The molecule has 110 valence electrons. The fraction of sp³-hybridized carbons (Fsp3) is 0.533. The van der Waals surface area contributed by atoms with Crippen molar-refractivity contribution in [3.63, 3.8) is 0 Å². The second kappa shape index (κ2) is 6.19. The van der Waals surface area contributed by atoms with Crippen LogP contribution >= 0.6 is 22.9 Å². The number of anilines is 1. The van der Waals surface area contributed by atoms with Crippen molar-refractivity contribution >= 4 is 38.3 Å². The predicted octanol–water partition coefficient (Wildman–Crippen LogP) is 5.15. The second-order valence-corrected chi connectivity index (χ2v) is 6.99. The van der Waals surface area contributed by atoms with Gasteiger partial charge in [-0.1, -0.05) is 50.6 Å². The molecule has 0 saturated carbocycles. The molecule has 1 heterocycles. The molecule has 0 radical (unpaired) electrons. The van der Waals surface area contributed by atoms with Gasteiger partial charge in [-0.15, -0.1) is 0 Å². The third kappa shape index (κ3) is 3.01. The minimum Gasteiger partial charge on any atom is -0.491 e. The number of hydrogen-bond donors (Lipinski definition) is 1. The maximum atomic E-state index is 6.40. The number of hydrogen-bond acceptors (Lipinski definition) is 4. The fourth-order valence-electron chi connectivity index (χ4n) is 1.98. The normalized spacial score (nSPS) is 11.6. The van der Waals surface area contributed by atoms with Gasteiger partial charge >= 0.3 is 0 Å². The van der Waals surface area contributed by atoms with E-state index in [4.69, 9.17) is 16.3 Å². The summed E-state index contributed by atoms with van der Waals surface area (Å²) in [5.41, 5.74) is 1.99. The van der Waals surface area contributed by atoms with Gasteiger partial charge < -0.3 is 10.1 Å². The Kier molecular flexibility index (Phi) is 4.76. The lowest BCUT2D eigenvalue weighted by molar-refractivity contribution is 0.270. The molecule has 1 N–H and O–H groups in total. The first-order valence-electron chi connectivity index (χ1n) is 6.87. The van der Waals surface area contributed by atoms with E-state index in [1.807, 2.05) is 13.1 Å². The van der Waals surface area contributed by atoms with Crippen molar-refractivity contribution in [3.8, 4) is 5.75 Å². The van der Waals surface area contributed by atoms with Crippen LogP contribution in [-0.2, 0) is 0 Å². The van der Waals surface area contributed by atoms with Crippen LogP contribution in [0, 0.1) is 5.92 Å². The van der Waals surface area contributed by atoms with Crippen molar-refractivity contribution in [1.82, 2.24) is 4.98 Å². The number of ether oxygens (including phenoxy) is 1. The summed E-state index contributed by atoms with van der Waals surface area (Å²) >= 11 is 7.96. The summed E-state index contributed by atoms with van der Waals surface area (Å²) in [6.07, 6.45) is 0. The van der Waals surface area contributed by atoms with Crippen molar-refractivity contribution in [1.29, 1.82) is 0 Å². The third-order valence-corrected chi connectivity index (χ3v) is 4.52. The molecule has 0 amide bonds. The topological polar surface area (TPSA) is 34.2 Å². The van der Waals surface area contributed by atoms with Crippen LogP contribution in [0.2, 0.25) is 5.02 Å². The molecule has 1 aromatic carbocycles. The maximum absolute atomic E-state index is 6.40. The van der Waals surface area contributed by atoms with Gasteiger partial charge in [-0.3, -0.25) is 0 Å². The minimum absolute atomic E-state index is 0.346. The summed E-state index contributed by atoms with van der Waals surface area (Å²) in [5.74, 6) is 1.70. The standard InChI is InChI=1S/C15H21ClN2OS/c1-8(2)7-19-13-10(9(3)4)6-11(16)14-12(13)18-15(17-5)20-14/h6,8-9H,7H2,1-5H3,(H,17,18). The number of fused-ring (bicyclic) bond motifs is 1. The monoisotopic (exact) mass is 312 g/mol. The molecule has 0 atom stereocenters. The number of rotatable bonds is 5. The zero-order valence-corrected chi connectivity index (χ0v) is 14.2. The molecule has 0 aliphatic heterocycles. The Hall–Kier alpha value is -1.000. The summed E-state index contributed by atoms with van der Waals surface area (Å²) in [4.78, 5) is 4.61. The van der Waals surface area contributed by atoms with E-state index < -0.39 is 0 Å². The average Bonchev–Trinajstić information content (AvgIpc) is 2.81. The molecule has 0 spiro atoms. The molecule has 3 nitrogen and oxygen atoms in total. The molecule has 1 aromatic heterocycles. The van der Waals surface area contributed by atoms with E-state index in [0.717, 1.165) is 31.7 Å². The summed E-state index contributed by atoms with van der Waals surface area (Å²) in [7, 11) is 1.86. The lowest BCUT2D eigenvalue weighted by atomic mass is 10.0. The van der Waals surface area contributed by atoms with E-state index in [9.17, 15) is 0 Å². The van der Waals surface area contributed by atoms with Crippen molar-refractivity contribution in [2.24, 2.45) is 5.92 Å². The largest absolute Gasteiger partial charge is 0.491 e. The van der Waals surface area contributed by atoms with Crippen LogP contribution in [0.1, 0.15) is 39.2 Å². The Morgan fingerprint density at radius 2 is 2.05 bits per heavy atom. The van der Waals surface area contributed by atoms with E-state index in [2.05, 4.69) is 38.0 Å². The highest BCUT2D eigenvalue weighted by Gasteiger charge is 2.19. The Bertz CT molecular complexity index is 607. The Morgan fingerprint density at radius 1 is 1.35 bits per heavy atom. The lowest BCUT2D eigenvalue weighted by Crippen LogP contribution is -2.07. The van der Waals surface area contributed by atoms with E-state index in [-0.39, 0.29) is 0 Å². The van der Waals surface area contributed by atoms with Crippen LogP contribution in [0.4, 0.5) is 5.13 Å². The number of thiazole rings is 1. The van der Waals surface area contributed by atoms with Gasteiger partial charge in [0.05, 0.1) is 16.3 Å². The van der Waals surface area contributed by atoms with Crippen LogP contribution in [0.25, 0.3) is 10.2 Å². The number of aromatic nitrogens is 1. The van der Waals surface area contributed by atoms with Gasteiger partial charge in [-0.05, 0) is 17.9 Å². The molecule has 20 heavy (non-hydrogen) atoms. The summed E-state index contributed by atoms with van der Waals surface area (Å²) in [5, 5.41) is 4.69. The van der Waals surface area contributed by atoms with Crippen LogP contribution in [0.3, 0.4) is 0 Å². The zero-order valence-electron chi connectivity index (χ0n) is 12.6. The van der Waals surface area contributed by atoms with Gasteiger partial charge in [-0.25, -0.2) is 4.98 Å². The van der Waals surface area contributed by atoms with Gasteiger partial charge in [0, 0.05) is 12.6 Å². The first-order valence-corrected chi connectivity index (χ1v) is 8.07. The molecule has 0 fully saturated rings. The van der Waals surface area contributed by atoms with Crippen molar-refractivity contribution in [2.45, 2.75) is 33.6 Å². The lowest BCUT2D eigenvalue weighted by Gasteiger charge is -2.16. The van der Waals surface area contributed by atoms with Gasteiger partial charge in [0.25, 0.3) is 0 Å². The molecule has 0 unspecified atom stereocenters. The molecule has 0 aliphatic rings. The summed E-state index contributed by atoms with van der Waals surface area (Å²) in [6, 6.07) is 2.02. The average molecular weight is 313 g/mol. The van der Waals surface area contributed by atoms with E-state index in [1.54, 1.807) is 11.3 Å². The second-order valence-electron chi connectivity index (χ2n) is 5.58. The first kappa shape index (κ1) is 15.4. The smallest absolute Gasteiger partial charge is 0.183 e. The van der Waals surface area contributed by atoms with Crippen LogP contribution < -0.4 is 10.1 Å². The predicted molar refractivity (Wildman–Crippen MR) is 88.6 cm³/mol. The van der Waals surface area contributed by atoms with Crippen molar-refractivity contribution in [2.75, 3.05) is 19.0 Å². The van der Waals surface area contributed by atoms with Gasteiger partial charge in [-0.2, -0.15) is 0 Å². The minimum atomic E-state index is 0.346. The molecule has 0 aliphatic carbocycles. The van der Waals surface area contributed by atoms with E-state index >= 15 is 0 Å². The summed E-state index contributed by atoms with van der Waals surface area (Å²) < 4.78 is 7.03. The van der Waals surface area contributed by atoms with Crippen molar-refractivity contribution in [3.05, 3.63) is 16.7 Å². The van der Waals surface area contributed by atoms with Gasteiger partial charge in [0.1, 0.15) is 11.3 Å². The zero-order chi connectivity index (χ0) is 14.9. The van der Waals surface area contributed by atoms with Crippen LogP contribution in [-0.4, -0.2) is 18.6 Å². The highest BCUT2D eigenvalue weighted by molar-refractivity contribution is 7.22. The SMILES string of the molecule is CNc1nc2c(OCC(C)C)c(C(C)C)cc(Cl)c2s1. The van der Waals surface area contributed by atoms with Gasteiger partial charge in [0.15, 0.2) is 5.13 Å². The van der Waals surface area contributed by atoms with E-state index in [1.165, 1.54) is 0 Å².